The van der Waals surface area contributed by atoms with Crippen molar-refractivity contribution < 1.29 is 0 Å². The molecule has 0 saturated heterocycles. The Balaban J connectivity index is 0.00000441. The zero-order valence-corrected chi connectivity index (χ0v) is 16.8. The Bertz CT molecular complexity index is 440. The molecule has 0 aliphatic carbocycles. The van der Waals surface area contributed by atoms with E-state index in [4.69, 9.17) is 11.6 Å². The first-order valence-corrected chi connectivity index (χ1v) is 7.98. The van der Waals surface area contributed by atoms with Crippen LogP contribution in [0, 0.1) is 0 Å². The van der Waals surface area contributed by atoms with Crippen LogP contribution in [0.25, 0.3) is 0 Å². The molecule has 126 valence electrons. The van der Waals surface area contributed by atoms with E-state index in [1.54, 1.807) is 0 Å². The van der Waals surface area contributed by atoms with Gasteiger partial charge in [-0.25, -0.2) is 0 Å². The van der Waals surface area contributed by atoms with Gasteiger partial charge < -0.3 is 15.5 Å². The predicted molar refractivity (Wildman–Crippen MR) is 108 cm³/mol. The lowest BCUT2D eigenvalue weighted by Crippen LogP contribution is -2.38. The van der Waals surface area contributed by atoms with Gasteiger partial charge in [0.1, 0.15) is 0 Å². The van der Waals surface area contributed by atoms with Crippen LogP contribution < -0.4 is 10.6 Å². The molecule has 0 unspecified atom stereocenters. The summed E-state index contributed by atoms with van der Waals surface area (Å²) in [7, 11) is 2.11. The van der Waals surface area contributed by atoms with Crippen LogP contribution in [-0.2, 0) is 6.42 Å². The van der Waals surface area contributed by atoms with E-state index in [9.17, 15) is 0 Å². The van der Waals surface area contributed by atoms with Crippen molar-refractivity contribution in [3.8, 4) is 0 Å². The molecule has 4 nitrogen and oxygen atoms in total. The van der Waals surface area contributed by atoms with E-state index >= 15 is 0 Å². The van der Waals surface area contributed by atoms with Gasteiger partial charge in [0.05, 0.1) is 6.54 Å². The molecule has 0 spiro atoms. The summed E-state index contributed by atoms with van der Waals surface area (Å²) in [4.78, 5) is 6.83. The Hall–Kier alpha value is -0.530. The van der Waals surface area contributed by atoms with E-state index in [0.717, 1.165) is 50.1 Å². The Kier molecular flexibility index (Phi) is 12.6. The highest BCUT2D eigenvalue weighted by Crippen LogP contribution is 2.10. The second-order valence-electron chi connectivity index (χ2n) is 4.96. The molecule has 2 N–H and O–H groups in total. The molecule has 0 saturated carbocycles. The van der Waals surface area contributed by atoms with Crippen molar-refractivity contribution in [2.24, 2.45) is 4.99 Å². The van der Waals surface area contributed by atoms with Gasteiger partial charge >= 0.3 is 0 Å². The molecule has 1 aromatic carbocycles. The summed E-state index contributed by atoms with van der Waals surface area (Å²) in [6, 6.07) is 7.98. The van der Waals surface area contributed by atoms with Crippen LogP contribution in [0.2, 0.25) is 5.02 Å². The molecule has 22 heavy (non-hydrogen) atoms. The molecule has 0 heterocycles. The van der Waals surface area contributed by atoms with E-state index in [1.165, 1.54) is 5.56 Å². The fraction of sp³-hybridized carbons (Fsp3) is 0.562. The number of aliphatic imine (C=N–C) groups is 1. The third-order valence-electron chi connectivity index (χ3n) is 3.23. The lowest BCUT2D eigenvalue weighted by Gasteiger charge is -2.14. The average molecular weight is 439 g/mol. The SMILES string of the molecule is CCNC(=NCCN(C)CC)NCCc1cccc(Cl)c1.I. The molecule has 0 atom stereocenters. The largest absolute Gasteiger partial charge is 0.357 e. The van der Waals surface area contributed by atoms with Crippen molar-refractivity contribution in [2.45, 2.75) is 20.3 Å². The highest BCUT2D eigenvalue weighted by Gasteiger charge is 1.99. The van der Waals surface area contributed by atoms with Crippen LogP contribution in [0.4, 0.5) is 0 Å². The fourth-order valence-corrected chi connectivity index (χ4v) is 2.06. The van der Waals surface area contributed by atoms with Gasteiger partial charge in [0, 0.05) is 24.7 Å². The number of hydrogen-bond acceptors (Lipinski definition) is 2. The van der Waals surface area contributed by atoms with E-state index in [2.05, 4.69) is 47.5 Å². The minimum atomic E-state index is 0. The van der Waals surface area contributed by atoms with Crippen molar-refractivity contribution in [1.82, 2.24) is 15.5 Å². The maximum absolute atomic E-state index is 5.99. The van der Waals surface area contributed by atoms with Gasteiger partial charge in [-0.15, -0.1) is 24.0 Å². The first kappa shape index (κ1) is 21.5. The number of hydrogen-bond donors (Lipinski definition) is 2. The molecule has 1 rings (SSSR count). The summed E-state index contributed by atoms with van der Waals surface area (Å²) >= 11 is 5.99. The van der Waals surface area contributed by atoms with Crippen LogP contribution >= 0.6 is 35.6 Å². The molecule has 0 fully saturated rings. The van der Waals surface area contributed by atoms with Crippen molar-refractivity contribution >= 4 is 41.5 Å². The van der Waals surface area contributed by atoms with Crippen molar-refractivity contribution in [3.63, 3.8) is 0 Å². The summed E-state index contributed by atoms with van der Waals surface area (Å²) in [6.07, 6.45) is 0.930. The Labute approximate surface area is 156 Å². The maximum Gasteiger partial charge on any atom is 0.191 e. The molecule has 0 radical (unpaired) electrons. The molecular formula is C16H28ClIN4. The molecule has 6 heteroatoms. The Morgan fingerprint density at radius 3 is 2.68 bits per heavy atom. The zero-order chi connectivity index (χ0) is 15.5. The lowest BCUT2D eigenvalue weighted by atomic mass is 10.1. The second kappa shape index (κ2) is 13.0. The molecule has 0 bridgehead atoms. The minimum Gasteiger partial charge on any atom is -0.357 e. The third-order valence-corrected chi connectivity index (χ3v) is 3.47. The number of guanidine groups is 1. The van der Waals surface area contributed by atoms with Crippen LogP contribution in [0.3, 0.4) is 0 Å². The molecule has 1 aromatic rings. The van der Waals surface area contributed by atoms with Gasteiger partial charge in [-0.05, 0) is 44.6 Å². The number of likely N-dealkylation sites (N-methyl/N-ethyl adjacent to an activating group) is 1. The molecule has 0 aromatic heterocycles. The van der Waals surface area contributed by atoms with Gasteiger partial charge in [-0.3, -0.25) is 4.99 Å². The summed E-state index contributed by atoms with van der Waals surface area (Å²) in [5.74, 6) is 0.879. The minimum absolute atomic E-state index is 0. The van der Waals surface area contributed by atoms with Crippen LogP contribution in [0.1, 0.15) is 19.4 Å². The Morgan fingerprint density at radius 1 is 1.27 bits per heavy atom. The van der Waals surface area contributed by atoms with Gasteiger partial charge in [0.25, 0.3) is 0 Å². The van der Waals surface area contributed by atoms with Crippen molar-refractivity contribution in [2.75, 3.05) is 39.8 Å². The lowest BCUT2D eigenvalue weighted by molar-refractivity contribution is 0.363. The highest BCUT2D eigenvalue weighted by molar-refractivity contribution is 14.0. The second-order valence-corrected chi connectivity index (χ2v) is 5.40. The summed E-state index contributed by atoms with van der Waals surface area (Å²) in [5, 5.41) is 7.41. The quantitative estimate of drug-likeness (QED) is 0.372. The van der Waals surface area contributed by atoms with Crippen LogP contribution in [0.15, 0.2) is 29.3 Å². The fourth-order valence-electron chi connectivity index (χ4n) is 1.85. The van der Waals surface area contributed by atoms with E-state index in [-0.39, 0.29) is 24.0 Å². The van der Waals surface area contributed by atoms with Gasteiger partial charge in [-0.2, -0.15) is 0 Å². The first-order valence-electron chi connectivity index (χ1n) is 7.60. The summed E-state index contributed by atoms with van der Waals surface area (Å²) in [6.45, 7) is 8.76. The summed E-state index contributed by atoms with van der Waals surface area (Å²) in [5.41, 5.74) is 1.23. The highest BCUT2D eigenvalue weighted by atomic mass is 127. The molecule has 0 aliphatic heterocycles. The maximum atomic E-state index is 5.99. The predicted octanol–water partition coefficient (Wildman–Crippen LogP) is 3.01. The number of benzene rings is 1. The normalized spacial score (nSPS) is 11.2. The van der Waals surface area contributed by atoms with E-state index in [1.807, 2.05) is 18.2 Å². The third kappa shape index (κ3) is 9.48. The Morgan fingerprint density at radius 2 is 2.05 bits per heavy atom. The zero-order valence-electron chi connectivity index (χ0n) is 13.7. The first-order chi connectivity index (χ1) is 10.2. The van der Waals surface area contributed by atoms with E-state index < -0.39 is 0 Å². The van der Waals surface area contributed by atoms with Crippen molar-refractivity contribution in [1.29, 1.82) is 0 Å². The number of rotatable bonds is 8. The summed E-state index contributed by atoms with van der Waals surface area (Å²) < 4.78 is 0. The van der Waals surface area contributed by atoms with Crippen LogP contribution in [0.5, 0.6) is 0 Å². The van der Waals surface area contributed by atoms with Crippen LogP contribution in [-0.4, -0.2) is 50.6 Å². The van der Waals surface area contributed by atoms with E-state index in [0.29, 0.717) is 0 Å². The van der Waals surface area contributed by atoms with Crippen molar-refractivity contribution in [3.05, 3.63) is 34.9 Å². The standard InChI is InChI=1S/C16H27ClN4.HI/c1-4-18-16(20-11-12-21(3)5-2)19-10-9-14-7-6-8-15(17)13-14;/h6-8,13H,4-5,9-12H2,1-3H3,(H2,18,19,20);1H. The smallest absolute Gasteiger partial charge is 0.191 e. The molecule has 0 aliphatic rings. The monoisotopic (exact) mass is 438 g/mol. The van der Waals surface area contributed by atoms with Gasteiger partial charge in [-0.1, -0.05) is 30.7 Å². The average Bonchev–Trinajstić information content (AvgIpc) is 2.47. The number of halogens is 2. The topological polar surface area (TPSA) is 39.7 Å². The van der Waals surface area contributed by atoms with Gasteiger partial charge in [0.2, 0.25) is 0 Å². The molecule has 0 amide bonds. The molecular weight excluding hydrogens is 411 g/mol. The van der Waals surface area contributed by atoms with Gasteiger partial charge in [0.15, 0.2) is 5.96 Å². The number of nitrogens with one attached hydrogen (secondary N) is 2. The number of nitrogens with zero attached hydrogens (tertiary/aromatic N) is 2.